The summed E-state index contributed by atoms with van der Waals surface area (Å²) in [5.41, 5.74) is 5.41. The predicted molar refractivity (Wildman–Crippen MR) is 63.0 cm³/mol. The molecule has 78 valence electrons. The molecule has 2 nitrogen and oxygen atoms in total. The van der Waals surface area contributed by atoms with Crippen molar-refractivity contribution in [1.82, 2.24) is 4.90 Å². The van der Waals surface area contributed by atoms with E-state index in [-0.39, 0.29) is 0 Å². The summed E-state index contributed by atoms with van der Waals surface area (Å²) in [6.45, 7) is 4.60. The van der Waals surface area contributed by atoms with E-state index in [0.717, 1.165) is 12.8 Å². The van der Waals surface area contributed by atoms with E-state index in [9.17, 15) is 0 Å². The van der Waals surface area contributed by atoms with Crippen LogP contribution in [0.2, 0.25) is 0 Å². The lowest BCUT2D eigenvalue weighted by Gasteiger charge is -2.15. The van der Waals surface area contributed by atoms with Crippen molar-refractivity contribution in [2.75, 3.05) is 20.1 Å². The molecule has 0 spiro atoms. The highest BCUT2D eigenvalue weighted by molar-refractivity contribution is 7.80. The van der Waals surface area contributed by atoms with Gasteiger partial charge in [0.2, 0.25) is 0 Å². The van der Waals surface area contributed by atoms with Crippen molar-refractivity contribution in [1.29, 1.82) is 0 Å². The first-order valence-electron chi connectivity index (χ1n) is 5.13. The van der Waals surface area contributed by atoms with Gasteiger partial charge in [0.05, 0.1) is 4.99 Å². The molecule has 0 radical (unpaired) electrons. The van der Waals surface area contributed by atoms with Crippen LogP contribution in [0.15, 0.2) is 0 Å². The summed E-state index contributed by atoms with van der Waals surface area (Å²) >= 11 is 4.81. The SMILES string of the molecule is CCCCN(C)CCCCC(N)=S. The summed E-state index contributed by atoms with van der Waals surface area (Å²) in [5, 5.41) is 0. The highest BCUT2D eigenvalue weighted by atomic mass is 32.1. The Hall–Kier alpha value is -0.150. The lowest BCUT2D eigenvalue weighted by molar-refractivity contribution is 0.321. The molecule has 0 aromatic heterocycles. The van der Waals surface area contributed by atoms with Crippen LogP contribution in [0.1, 0.15) is 39.0 Å². The fraction of sp³-hybridized carbons (Fsp3) is 0.900. The van der Waals surface area contributed by atoms with E-state index in [4.69, 9.17) is 18.0 Å². The Labute approximate surface area is 87.5 Å². The fourth-order valence-corrected chi connectivity index (χ4v) is 1.37. The standard InChI is InChI=1S/C10H22N2S/c1-3-4-8-12(2)9-6-5-7-10(11)13/h3-9H2,1-2H3,(H2,11,13). The first-order chi connectivity index (χ1) is 6.16. The molecule has 0 bridgehead atoms. The molecular formula is C10H22N2S. The summed E-state index contributed by atoms with van der Waals surface area (Å²) in [6, 6.07) is 0. The molecule has 0 rings (SSSR count). The molecule has 13 heavy (non-hydrogen) atoms. The van der Waals surface area contributed by atoms with Gasteiger partial charge in [-0.15, -0.1) is 0 Å². The average Bonchev–Trinajstić information content (AvgIpc) is 2.08. The number of hydrogen-bond donors (Lipinski definition) is 1. The molecule has 0 saturated heterocycles. The normalized spacial score (nSPS) is 10.7. The molecule has 0 aromatic rings. The molecule has 2 N–H and O–H groups in total. The Morgan fingerprint density at radius 1 is 1.23 bits per heavy atom. The zero-order valence-electron chi connectivity index (χ0n) is 8.88. The Bertz CT molecular complexity index is 137. The Balaban J connectivity index is 3.16. The highest BCUT2D eigenvalue weighted by Crippen LogP contribution is 1.99. The minimum absolute atomic E-state index is 0.649. The topological polar surface area (TPSA) is 29.3 Å². The Morgan fingerprint density at radius 2 is 1.85 bits per heavy atom. The maximum Gasteiger partial charge on any atom is 0.0727 e. The molecular weight excluding hydrogens is 180 g/mol. The van der Waals surface area contributed by atoms with Crippen molar-refractivity contribution >= 4 is 17.2 Å². The minimum Gasteiger partial charge on any atom is -0.393 e. The van der Waals surface area contributed by atoms with Crippen LogP contribution in [0.4, 0.5) is 0 Å². The molecule has 0 fully saturated rings. The maximum absolute atomic E-state index is 5.41. The molecule has 0 aliphatic carbocycles. The molecule has 3 heteroatoms. The third kappa shape index (κ3) is 9.77. The second kappa shape index (κ2) is 8.45. The van der Waals surface area contributed by atoms with Gasteiger partial charge in [-0.05, 0) is 45.8 Å². The van der Waals surface area contributed by atoms with Crippen molar-refractivity contribution < 1.29 is 0 Å². The smallest absolute Gasteiger partial charge is 0.0727 e. The van der Waals surface area contributed by atoms with Gasteiger partial charge in [-0.2, -0.15) is 0 Å². The van der Waals surface area contributed by atoms with E-state index in [1.165, 1.54) is 32.4 Å². The van der Waals surface area contributed by atoms with E-state index in [1.807, 2.05) is 0 Å². The molecule has 0 aliphatic rings. The molecule has 0 heterocycles. The summed E-state index contributed by atoms with van der Waals surface area (Å²) in [5.74, 6) is 0. The summed E-state index contributed by atoms with van der Waals surface area (Å²) in [4.78, 5) is 3.03. The maximum atomic E-state index is 5.41. The number of nitrogens with two attached hydrogens (primary N) is 1. The summed E-state index contributed by atoms with van der Waals surface area (Å²) in [7, 11) is 2.18. The first-order valence-corrected chi connectivity index (χ1v) is 5.54. The van der Waals surface area contributed by atoms with Gasteiger partial charge in [0, 0.05) is 0 Å². The van der Waals surface area contributed by atoms with Crippen LogP contribution < -0.4 is 5.73 Å². The second-order valence-corrected chi connectivity index (χ2v) is 4.10. The zero-order valence-corrected chi connectivity index (χ0v) is 9.70. The van der Waals surface area contributed by atoms with Crippen molar-refractivity contribution in [3.05, 3.63) is 0 Å². The fourth-order valence-electron chi connectivity index (χ4n) is 1.22. The quantitative estimate of drug-likeness (QED) is 0.483. The monoisotopic (exact) mass is 202 g/mol. The largest absolute Gasteiger partial charge is 0.393 e. The number of thiocarbonyl (C=S) groups is 1. The lowest BCUT2D eigenvalue weighted by atomic mass is 10.2. The predicted octanol–water partition coefficient (Wildman–Crippen LogP) is 2.17. The zero-order chi connectivity index (χ0) is 10.1. The number of rotatable bonds is 8. The molecule has 0 aromatic carbocycles. The van der Waals surface area contributed by atoms with Gasteiger partial charge in [-0.1, -0.05) is 25.6 Å². The van der Waals surface area contributed by atoms with Gasteiger partial charge in [0.15, 0.2) is 0 Å². The summed E-state index contributed by atoms with van der Waals surface area (Å²) in [6.07, 6.45) is 5.81. The Kier molecular flexibility index (Phi) is 8.35. The average molecular weight is 202 g/mol. The van der Waals surface area contributed by atoms with Crippen LogP contribution in [-0.2, 0) is 0 Å². The molecule has 0 amide bonds. The lowest BCUT2D eigenvalue weighted by Crippen LogP contribution is -2.21. The van der Waals surface area contributed by atoms with Crippen molar-refractivity contribution in [3.8, 4) is 0 Å². The van der Waals surface area contributed by atoms with Crippen molar-refractivity contribution in [3.63, 3.8) is 0 Å². The Morgan fingerprint density at radius 3 is 2.38 bits per heavy atom. The molecule has 0 atom stereocenters. The molecule has 0 saturated carbocycles. The third-order valence-corrected chi connectivity index (χ3v) is 2.31. The number of unbranched alkanes of at least 4 members (excludes halogenated alkanes) is 2. The van der Waals surface area contributed by atoms with Gasteiger partial charge in [-0.3, -0.25) is 0 Å². The summed E-state index contributed by atoms with van der Waals surface area (Å²) < 4.78 is 0. The van der Waals surface area contributed by atoms with Crippen molar-refractivity contribution in [2.45, 2.75) is 39.0 Å². The van der Waals surface area contributed by atoms with E-state index < -0.39 is 0 Å². The van der Waals surface area contributed by atoms with E-state index in [2.05, 4.69) is 18.9 Å². The van der Waals surface area contributed by atoms with Gasteiger partial charge in [0.1, 0.15) is 0 Å². The molecule has 0 unspecified atom stereocenters. The third-order valence-electron chi connectivity index (χ3n) is 2.11. The van der Waals surface area contributed by atoms with Crippen LogP contribution in [0.25, 0.3) is 0 Å². The minimum atomic E-state index is 0.649. The number of nitrogens with zero attached hydrogens (tertiary/aromatic N) is 1. The van der Waals surface area contributed by atoms with E-state index in [0.29, 0.717) is 4.99 Å². The van der Waals surface area contributed by atoms with E-state index >= 15 is 0 Å². The van der Waals surface area contributed by atoms with Crippen LogP contribution in [0.3, 0.4) is 0 Å². The molecule has 0 aliphatic heterocycles. The van der Waals surface area contributed by atoms with Gasteiger partial charge < -0.3 is 10.6 Å². The van der Waals surface area contributed by atoms with Crippen LogP contribution in [-0.4, -0.2) is 30.0 Å². The second-order valence-electron chi connectivity index (χ2n) is 3.58. The van der Waals surface area contributed by atoms with Gasteiger partial charge in [-0.25, -0.2) is 0 Å². The van der Waals surface area contributed by atoms with Gasteiger partial charge >= 0.3 is 0 Å². The van der Waals surface area contributed by atoms with Crippen LogP contribution in [0, 0.1) is 0 Å². The van der Waals surface area contributed by atoms with E-state index in [1.54, 1.807) is 0 Å². The highest BCUT2D eigenvalue weighted by Gasteiger charge is 1.97. The van der Waals surface area contributed by atoms with Gasteiger partial charge in [0.25, 0.3) is 0 Å². The van der Waals surface area contributed by atoms with Crippen molar-refractivity contribution in [2.24, 2.45) is 5.73 Å². The van der Waals surface area contributed by atoms with Crippen LogP contribution >= 0.6 is 12.2 Å². The van der Waals surface area contributed by atoms with Crippen LogP contribution in [0.5, 0.6) is 0 Å². The first kappa shape index (κ1) is 12.8. The number of hydrogen-bond acceptors (Lipinski definition) is 2.